The second kappa shape index (κ2) is 5.94. The normalized spacial score (nSPS) is 12.2. The van der Waals surface area contributed by atoms with Crippen LogP contribution in [0.15, 0.2) is 51.0 Å². The molecular formula is C14H12N2O4S. The molecule has 6 nitrogen and oxygen atoms in total. The maximum absolute atomic E-state index is 12.1. The van der Waals surface area contributed by atoms with Crippen molar-refractivity contribution in [1.29, 1.82) is 0 Å². The van der Waals surface area contributed by atoms with Gasteiger partial charge in [-0.15, -0.1) is 11.3 Å². The number of amides is 1. The fourth-order valence-corrected chi connectivity index (χ4v) is 2.59. The SMILES string of the molecule is O=C(NC(CO)c1ccco1)c1csc(-c2ccco2)n1. The summed E-state index contributed by atoms with van der Waals surface area (Å²) in [5.74, 6) is 0.732. The van der Waals surface area contributed by atoms with Crippen LogP contribution in [0, 0.1) is 0 Å². The molecule has 0 spiro atoms. The first kappa shape index (κ1) is 13.6. The van der Waals surface area contributed by atoms with Gasteiger partial charge in [0.05, 0.1) is 19.1 Å². The molecule has 0 radical (unpaired) electrons. The number of nitrogens with one attached hydrogen (secondary N) is 1. The fourth-order valence-electron chi connectivity index (χ4n) is 1.82. The number of carbonyl (C=O) groups is 1. The highest BCUT2D eigenvalue weighted by Crippen LogP contribution is 2.24. The van der Waals surface area contributed by atoms with Crippen molar-refractivity contribution in [2.24, 2.45) is 0 Å². The lowest BCUT2D eigenvalue weighted by molar-refractivity contribution is 0.0903. The summed E-state index contributed by atoms with van der Waals surface area (Å²) < 4.78 is 10.4. The molecule has 3 rings (SSSR count). The lowest BCUT2D eigenvalue weighted by Crippen LogP contribution is -2.30. The summed E-state index contributed by atoms with van der Waals surface area (Å²) in [6.45, 7) is -0.256. The number of aliphatic hydroxyl groups is 1. The van der Waals surface area contributed by atoms with Crippen LogP contribution in [0.5, 0.6) is 0 Å². The van der Waals surface area contributed by atoms with E-state index in [0.29, 0.717) is 16.5 Å². The minimum Gasteiger partial charge on any atom is -0.467 e. The van der Waals surface area contributed by atoms with E-state index >= 15 is 0 Å². The number of furan rings is 2. The van der Waals surface area contributed by atoms with Gasteiger partial charge in [0.25, 0.3) is 5.91 Å². The van der Waals surface area contributed by atoms with Gasteiger partial charge in [0.15, 0.2) is 10.8 Å². The molecule has 1 unspecified atom stereocenters. The van der Waals surface area contributed by atoms with Gasteiger partial charge in [0.2, 0.25) is 0 Å². The summed E-state index contributed by atoms with van der Waals surface area (Å²) in [5, 5.41) is 14.3. The molecular weight excluding hydrogens is 292 g/mol. The Morgan fingerprint density at radius 1 is 1.33 bits per heavy atom. The smallest absolute Gasteiger partial charge is 0.271 e. The first-order valence-corrected chi connectivity index (χ1v) is 7.10. The number of hydrogen-bond donors (Lipinski definition) is 2. The quantitative estimate of drug-likeness (QED) is 0.756. The molecule has 3 aromatic heterocycles. The molecule has 0 aromatic carbocycles. The molecule has 3 heterocycles. The number of hydrogen-bond acceptors (Lipinski definition) is 6. The Balaban J connectivity index is 1.73. The third-order valence-corrected chi connectivity index (χ3v) is 3.70. The maximum Gasteiger partial charge on any atom is 0.271 e. The van der Waals surface area contributed by atoms with E-state index in [1.165, 1.54) is 17.6 Å². The van der Waals surface area contributed by atoms with Crippen molar-refractivity contribution < 1.29 is 18.7 Å². The van der Waals surface area contributed by atoms with Crippen LogP contribution in [-0.2, 0) is 0 Å². The van der Waals surface area contributed by atoms with Gasteiger partial charge in [-0.1, -0.05) is 0 Å². The van der Waals surface area contributed by atoms with E-state index in [2.05, 4.69) is 10.3 Å². The molecule has 0 saturated heterocycles. The Bertz CT molecular complexity index is 703. The van der Waals surface area contributed by atoms with Gasteiger partial charge >= 0.3 is 0 Å². The van der Waals surface area contributed by atoms with Gasteiger partial charge in [-0.2, -0.15) is 0 Å². The van der Waals surface area contributed by atoms with E-state index in [4.69, 9.17) is 8.83 Å². The molecule has 1 amide bonds. The van der Waals surface area contributed by atoms with Crippen LogP contribution in [0.1, 0.15) is 22.3 Å². The van der Waals surface area contributed by atoms with Gasteiger partial charge in [-0.05, 0) is 24.3 Å². The zero-order valence-electron chi connectivity index (χ0n) is 10.9. The Morgan fingerprint density at radius 2 is 2.14 bits per heavy atom. The number of aliphatic hydroxyl groups excluding tert-OH is 1. The minimum absolute atomic E-state index is 0.256. The fraction of sp³-hybridized carbons (Fsp3) is 0.143. The van der Waals surface area contributed by atoms with Crippen molar-refractivity contribution in [3.63, 3.8) is 0 Å². The van der Waals surface area contributed by atoms with E-state index in [1.54, 1.807) is 35.9 Å². The molecule has 1 atom stereocenters. The lowest BCUT2D eigenvalue weighted by atomic mass is 10.2. The van der Waals surface area contributed by atoms with Crippen molar-refractivity contribution in [3.8, 4) is 10.8 Å². The van der Waals surface area contributed by atoms with Crippen molar-refractivity contribution in [3.05, 3.63) is 53.6 Å². The van der Waals surface area contributed by atoms with Crippen LogP contribution in [-0.4, -0.2) is 22.6 Å². The number of rotatable bonds is 5. The van der Waals surface area contributed by atoms with Crippen LogP contribution in [0.2, 0.25) is 0 Å². The zero-order valence-corrected chi connectivity index (χ0v) is 11.7. The zero-order chi connectivity index (χ0) is 14.7. The standard InChI is InChI=1S/C14H12N2O4S/c17-7-9(11-3-1-5-19-11)15-13(18)10-8-21-14(16-10)12-4-2-6-20-12/h1-6,8-9,17H,7H2,(H,15,18). The Labute approximate surface area is 124 Å². The van der Waals surface area contributed by atoms with Gasteiger partial charge in [0.1, 0.15) is 17.5 Å². The molecule has 0 aliphatic carbocycles. The number of nitrogens with zero attached hydrogens (tertiary/aromatic N) is 1. The van der Waals surface area contributed by atoms with E-state index in [9.17, 15) is 9.90 Å². The maximum atomic E-state index is 12.1. The Kier molecular flexibility index (Phi) is 3.85. The summed E-state index contributed by atoms with van der Waals surface area (Å²) in [7, 11) is 0. The molecule has 0 bridgehead atoms. The Morgan fingerprint density at radius 3 is 2.81 bits per heavy atom. The monoisotopic (exact) mass is 304 g/mol. The molecule has 108 valence electrons. The van der Waals surface area contributed by atoms with Crippen molar-refractivity contribution in [1.82, 2.24) is 10.3 Å². The molecule has 0 saturated carbocycles. The van der Waals surface area contributed by atoms with Gasteiger partial charge in [-0.25, -0.2) is 4.98 Å². The van der Waals surface area contributed by atoms with Gasteiger partial charge < -0.3 is 19.3 Å². The van der Waals surface area contributed by atoms with Crippen LogP contribution < -0.4 is 5.32 Å². The third kappa shape index (κ3) is 2.88. The Hall–Kier alpha value is -2.38. The van der Waals surface area contributed by atoms with Crippen molar-refractivity contribution in [2.45, 2.75) is 6.04 Å². The topological polar surface area (TPSA) is 88.5 Å². The summed E-state index contributed by atoms with van der Waals surface area (Å²) in [6.07, 6.45) is 3.04. The predicted octanol–water partition coefficient (Wildman–Crippen LogP) is 2.46. The number of aromatic nitrogens is 1. The molecule has 3 aromatic rings. The summed E-state index contributed by atoms with van der Waals surface area (Å²) >= 11 is 1.32. The first-order valence-electron chi connectivity index (χ1n) is 6.22. The predicted molar refractivity (Wildman–Crippen MR) is 75.8 cm³/mol. The molecule has 0 aliphatic rings. The molecule has 21 heavy (non-hydrogen) atoms. The van der Waals surface area contributed by atoms with Crippen molar-refractivity contribution in [2.75, 3.05) is 6.61 Å². The van der Waals surface area contributed by atoms with Crippen LogP contribution in [0.4, 0.5) is 0 Å². The van der Waals surface area contributed by atoms with Crippen LogP contribution in [0.25, 0.3) is 10.8 Å². The average Bonchev–Trinajstić information content (AvgIpc) is 3.26. The average molecular weight is 304 g/mol. The number of carbonyl (C=O) groups excluding carboxylic acids is 1. The summed E-state index contributed by atoms with van der Waals surface area (Å²) in [4.78, 5) is 16.4. The minimum atomic E-state index is -0.596. The molecule has 7 heteroatoms. The molecule has 0 fully saturated rings. The molecule has 0 aliphatic heterocycles. The third-order valence-electron chi connectivity index (χ3n) is 2.84. The summed E-state index contributed by atoms with van der Waals surface area (Å²) in [6, 6.07) is 6.33. The van der Waals surface area contributed by atoms with E-state index in [1.807, 2.05) is 0 Å². The number of thiazole rings is 1. The first-order chi connectivity index (χ1) is 10.3. The second-order valence-corrected chi connectivity index (χ2v) is 5.10. The van der Waals surface area contributed by atoms with E-state index in [-0.39, 0.29) is 18.2 Å². The highest BCUT2D eigenvalue weighted by molar-refractivity contribution is 7.13. The van der Waals surface area contributed by atoms with Crippen LogP contribution >= 0.6 is 11.3 Å². The van der Waals surface area contributed by atoms with E-state index < -0.39 is 6.04 Å². The highest BCUT2D eigenvalue weighted by atomic mass is 32.1. The molecule has 2 N–H and O–H groups in total. The summed E-state index contributed by atoms with van der Waals surface area (Å²) in [5.41, 5.74) is 0.274. The largest absolute Gasteiger partial charge is 0.467 e. The van der Waals surface area contributed by atoms with E-state index in [0.717, 1.165) is 0 Å². The second-order valence-electron chi connectivity index (χ2n) is 4.24. The van der Waals surface area contributed by atoms with Gasteiger partial charge in [0, 0.05) is 5.38 Å². The lowest BCUT2D eigenvalue weighted by Gasteiger charge is -2.12. The van der Waals surface area contributed by atoms with Crippen LogP contribution in [0.3, 0.4) is 0 Å². The highest BCUT2D eigenvalue weighted by Gasteiger charge is 2.19. The van der Waals surface area contributed by atoms with Gasteiger partial charge in [-0.3, -0.25) is 4.79 Å². The van der Waals surface area contributed by atoms with Crippen molar-refractivity contribution >= 4 is 17.2 Å².